The van der Waals surface area contributed by atoms with E-state index in [-0.39, 0.29) is 5.56 Å². The number of nitrogens with two attached hydrogens (primary N) is 1. The van der Waals surface area contributed by atoms with Gasteiger partial charge in [-0.15, -0.1) is 0 Å². The molecular formula is C12H20N4O. The normalized spacial score (nSPS) is 24.6. The summed E-state index contributed by atoms with van der Waals surface area (Å²) in [6, 6.07) is 0.725. The highest BCUT2D eigenvalue weighted by Gasteiger charge is 2.25. The smallest absolute Gasteiger partial charge is 0.290 e. The summed E-state index contributed by atoms with van der Waals surface area (Å²) in [5.74, 6) is 0.537. The third kappa shape index (κ3) is 2.66. The van der Waals surface area contributed by atoms with Gasteiger partial charge in [-0.3, -0.25) is 4.79 Å². The SMILES string of the molecule is CCN(c1ncc[nH]c1=O)C1CCC(N)CC1. The lowest BCUT2D eigenvalue weighted by Gasteiger charge is -2.35. The molecule has 1 aromatic heterocycles. The average molecular weight is 236 g/mol. The Morgan fingerprint density at radius 3 is 2.76 bits per heavy atom. The second kappa shape index (κ2) is 5.31. The fraction of sp³-hybridized carbons (Fsp3) is 0.667. The van der Waals surface area contributed by atoms with E-state index in [0.29, 0.717) is 17.9 Å². The van der Waals surface area contributed by atoms with Crippen LogP contribution in [0.4, 0.5) is 5.82 Å². The van der Waals surface area contributed by atoms with Gasteiger partial charge in [-0.2, -0.15) is 0 Å². The lowest BCUT2D eigenvalue weighted by atomic mass is 9.91. The summed E-state index contributed by atoms with van der Waals surface area (Å²) in [5, 5.41) is 0. The molecule has 1 heterocycles. The number of hydrogen-bond acceptors (Lipinski definition) is 4. The van der Waals surface area contributed by atoms with Crippen LogP contribution in [0.2, 0.25) is 0 Å². The van der Waals surface area contributed by atoms with Gasteiger partial charge in [0.25, 0.3) is 5.56 Å². The lowest BCUT2D eigenvalue weighted by molar-refractivity contribution is 0.376. The van der Waals surface area contributed by atoms with E-state index in [9.17, 15) is 4.79 Å². The number of rotatable bonds is 3. The molecular weight excluding hydrogens is 216 g/mol. The molecule has 0 radical (unpaired) electrons. The van der Waals surface area contributed by atoms with Crippen molar-refractivity contribution >= 4 is 5.82 Å². The number of nitrogens with one attached hydrogen (secondary N) is 1. The number of aromatic nitrogens is 2. The standard InChI is InChI=1S/C12H20N4O/c1-2-16(10-5-3-9(13)4-6-10)11-12(17)15-8-7-14-11/h7-10H,2-6,13H2,1H3,(H,15,17). The van der Waals surface area contributed by atoms with Crippen LogP contribution in [-0.4, -0.2) is 28.6 Å². The van der Waals surface area contributed by atoms with Gasteiger partial charge in [-0.25, -0.2) is 4.98 Å². The molecule has 0 saturated heterocycles. The second-order valence-electron chi connectivity index (χ2n) is 4.60. The molecule has 0 aliphatic heterocycles. The van der Waals surface area contributed by atoms with E-state index in [1.165, 1.54) is 0 Å². The first-order valence-corrected chi connectivity index (χ1v) is 6.28. The van der Waals surface area contributed by atoms with Gasteiger partial charge in [0, 0.05) is 31.0 Å². The summed E-state index contributed by atoms with van der Waals surface area (Å²) in [6.45, 7) is 2.86. The maximum Gasteiger partial charge on any atom is 0.290 e. The minimum absolute atomic E-state index is 0.107. The Labute approximate surface area is 101 Å². The third-order valence-electron chi connectivity index (χ3n) is 3.48. The molecule has 0 unspecified atom stereocenters. The molecule has 1 aromatic rings. The van der Waals surface area contributed by atoms with Gasteiger partial charge in [0.2, 0.25) is 0 Å². The maximum absolute atomic E-state index is 11.7. The second-order valence-corrected chi connectivity index (χ2v) is 4.60. The van der Waals surface area contributed by atoms with Crippen molar-refractivity contribution < 1.29 is 0 Å². The molecule has 1 fully saturated rings. The van der Waals surface area contributed by atoms with Crippen molar-refractivity contribution in [3.8, 4) is 0 Å². The molecule has 1 aliphatic carbocycles. The predicted octanol–water partition coefficient (Wildman–Crippen LogP) is 0.866. The van der Waals surface area contributed by atoms with Crippen molar-refractivity contribution in [2.75, 3.05) is 11.4 Å². The van der Waals surface area contributed by atoms with Gasteiger partial charge < -0.3 is 15.6 Å². The Balaban J connectivity index is 2.17. The van der Waals surface area contributed by atoms with E-state index in [0.717, 1.165) is 32.2 Å². The highest BCUT2D eigenvalue weighted by molar-refractivity contribution is 5.36. The molecule has 1 saturated carbocycles. The van der Waals surface area contributed by atoms with Gasteiger partial charge in [0.05, 0.1) is 0 Å². The van der Waals surface area contributed by atoms with Gasteiger partial charge in [-0.05, 0) is 32.6 Å². The van der Waals surface area contributed by atoms with Crippen LogP contribution in [0.15, 0.2) is 17.2 Å². The van der Waals surface area contributed by atoms with Gasteiger partial charge in [0.1, 0.15) is 0 Å². The molecule has 0 aromatic carbocycles. The van der Waals surface area contributed by atoms with Crippen LogP contribution < -0.4 is 16.2 Å². The fourth-order valence-electron chi connectivity index (χ4n) is 2.54. The summed E-state index contributed by atoms with van der Waals surface area (Å²) >= 11 is 0. The number of aromatic amines is 1. The van der Waals surface area contributed by atoms with Crippen LogP contribution >= 0.6 is 0 Å². The largest absolute Gasteiger partial charge is 0.349 e. The summed E-state index contributed by atoms with van der Waals surface area (Å²) in [4.78, 5) is 20.7. The van der Waals surface area contributed by atoms with Crippen molar-refractivity contribution in [1.82, 2.24) is 9.97 Å². The topological polar surface area (TPSA) is 75.0 Å². The summed E-state index contributed by atoms with van der Waals surface area (Å²) in [5.41, 5.74) is 5.80. The van der Waals surface area contributed by atoms with E-state index < -0.39 is 0 Å². The van der Waals surface area contributed by atoms with Crippen molar-refractivity contribution in [2.24, 2.45) is 5.73 Å². The summed E-state index contributed by atoms with van der Waals surface area (Å²) in [6.07, 6.45) is 7.36. The van der Waals surface area contributed by atoms with E-state index in [1.54, 1.807) is 12.4 Å². The van der Waals surface area contributed by atoms with Crippen LogP contribution in [0.1, 0.15) is 32.6 Å². The first kappa shape index (κ1) is 12.1. The Morgan fingerprint density at radius 2 is 2.18 bits per heavy atom. The van der Waals surface area contributed by atoms with E-state index in [1.807, 2.05) is 0 Å². The fourth-order valence-corrected chi connectivity index (χ4v) is 2.54. The molecule has 1 aliphatic rings. The number of H-pyrrole nitrogens is 1. The van der Waals surface area contributed by atoms with Crippen LogP contribution in [0.5, 0.6) is 0 Å². The van der Waals surface area contributed by atoms with Gasteiger partial charge in [0.15, 0.2) is 5.82 Å². The molecule has 0 bridgehead atoms. The van der Waals surface area contributed by atoms with Gasteiger partial charge in [-0.1, -0.05) is 0 Å². The van der Waals surface area contributed by atoms with Gasteiger partial charge >= 0.3 is 0 Å². The highest BCUT2D eigenvalue weighted by Crippen LogP contribution is 2.23. The minimum Gasteiger partial charge on any atom is -0.349 e. The Morgan fingerprint density at radius 1 is 1.47 bits per heavy atom. The molecule has 5 heteroatoms. The minimum atomic E-state index is -0.107. The van der Waals surface area contributed by atoms with E-state index in [2.05, 4.69) is 21.8 Å². The molecule has 17 heavy (non-hydrogen) atoms. The zero-order valence-corrected chi connectivity index (χ0v) is 10.2. The lowest BCUT2D eigenvalue weighted by Crippen LogP contribution is -2.43. The first-order chi connectivity index (χ1) is 8.22. The predicted molar refractivity (Wildman–Crippen MR) is 68.1 cm³/mol. The Kier molecular flexibility index (Phi) is 3.78. The van der Waals surface area contributed by atoms with E-state index >= 15 is 0 Å². The maximum atomic E-state index is 11.7. The van der Waals surface area contributed by atoms with Crippen LogP contribution in [-0.2, 0) is 0 Å². The molecule has 2 rings (SSSR count). The molecule has 0 atom stereocenters. The third-order valence-corrected chi connectivity index (χ3v) is 3.48. The Bertz CT molecular complexity index is 409. The van der Waals surface area contributed by atoms with Crippen LogP contribution in [0.25, 0.3) is 0 Å². The molecule has 0 spiro atoms. The van der Waals surface area contributed by atoms with Crippen molar-refractivity contribution in [2.45, 2.75) is 44.7 Å². The molecule has 0 amide bonds. The first-order valence-electron chi connectivity index (χ1n) is 6.28. The highest BCUT2D eigenvalue weighted by atomic mass is 16.1. The van der Waals surface area contributed by atoms with Crippen molar-refractivity contribution in [1.29, 1.82) is 0 Å². The average Bonchev–Trinajstić information content (AvgIpc) is 2.35. The van der Waals surface area contributed by atoms with E-state index in [4.69, 9.17) is 5.73 Å². The number of nitrogens with zero attached hydrogens (tertiary/aromatic N) is 2. The molecule has 3 N–H and O–H groups in total. The summed E-state index contributed by atoms with van der Waals surface area (Å²) < 4.78 is 0. The molecule has 5 nitrogen and oxygen atoms in total. The van der Waals surface area contributed by atoms with Crippen LogP contribution in [0, 0.1) is 0 Å². The van der Waals surface area contributed by atoms with Crippen molar-refractivity contribution in [3.05, 3.63) is 22.7 Å². The molecule has 94 valence electrons. The zero-order valence-electron chi connectivity index (χ0n) is 10.2. The monoisotopic (exact) mass is 236 g/mol. The van der Waals surface area contributed by atoms with Crippen molar-refractivity contribution in [3.63, 3.8) is 0 Å². The number of anilines is 1. The van der Waals surface area contributed by atoms with Crippen LogP contribution in [0.3, 0.4) is 0 Å². The zero-order chi connectivity index (χ0) is 12.3. The Hall–Kier alpha value is -1.36. The quantitative estimate of drug-likeness (QED) is 0.816. The number of hydrogen-bond donors (Lipinski definition) is 2. The summed E-state index contributed by atoms with van der Waals surface area (Å²) in [7, 11) is 0.